The van der Waals surface area contributed by atoms with E-state index < -0.39 is 0 Å². The van der Waals surface area contributed by atoms with Crippen molar-refractivity contribution in [2.75, 3.05) is 0 Å². The highest BCUT2D eigenvalue weighted by atomic mass is 32.1. The van der Waals surface area contributed by atoms with Gasteiger partial charge in [0.25, 0.3) is 0 Å². The summed E-state index contributed by atoms with van der Waals surface area (Å²) in [6.07, 6.45) is 9.68. The molecule has 4 heteroatoms. The zero-order chi connectivity index (χ0) is 27.6. The van der Waals surface area contributed by atoms with Crippen LogP contribution in [0.1, 0.15) is 28.5 Å². The number of thiophene rings is 1. The summed E-state index contributed by atoms with van der Waals surface area (Å²) in [7, 11) is 0. The Morgan fingerprint density at radius 3 is 2.45 bits per heavy atom. The minimum absolute atomic E-state index is 0.320. The molecule has 40 heavy (non-hydrogen) atoms. The third-order valence-corrected chi connectivity index (χ3v) is 8.22. The van der Waals surface area contributed by atoms with Crippen LogP contribution in [-0.2, 0) is 0 Å². The van der Waals surface area contributed by atoms with Gasteiger partial charge in [-0.15, -0.1) is 11.3 Å². The predicted molar refractivity (Wildman–Crippen MR) is 170 cm³/mol. The summed E-state index contributed by atoms with van der Waals surface area (Å²) >= 11 is 1.59. The first-order valence-corrected chi connectivity index (χ1v) is 13.9. The van der Waals surface area contributed by atoms with Gasteiger partial charge in [0, 0.05) is 21.5 Å². The molecule has 2 N–H and O–H groups in total. The first-order chi connectivity index (χ1) is 19.6. The topological polar surface area (TPSA) is 35.9 Å². The van der Waals surface area contributed by atoms with Crippen LogP contribution in [0.2, 0.25) is 0 Å². The zero-order valence-electron chi connectivity index (χ0n) is 22.0. The largest absolute Gasteiger partial charge is 0.354 e. The van der Waals surface area contributed by atoms with Crippen LogP contribution in [0.3, 0.4) is 0 Å². The minimum atomic E-state index is -0.320. The number of fused-ring (bicyclic) bond motifs is 3. The predicted octanol–water partition coefficient (Wildman–Crippen LogP) is 9.76. The van der Waals surface area contributed by atoms with Crippen molar-refractivity contribution in [3.05, 3.63) is 161 Å². The highest BCUT2D eigenvalue weighted by molar-refractivity contribution is 7.21. The smallest absolute Gasteiger partial charge is 0.123 e. The van der Waals surface area contributed by atoms with Gasteiger partial charge in [0.1, 0.15) is 5.82 Å². The summed E-state index contributed by atoms with van der Waals surface area (Å²) in [4.78, 5) is 0.852. The molecule has 0 bridgehead atoms. The second kappa shape index (κ2) is 10.8. The minimum Gasteiger partial charge on any atom is -0.354 e. The van der Waals surface area contributed by atoms with E-state index in [9.17, 15) is 9.80 Å². The van der Waals surface area contributed by atoms with Crippen molar-refractivity contribution in [2.24, 2.45) is 0 Å². The lowest BCUT2D eigenvalue weighted by Gasteiger charge is -2.26. The van der Waals surface area contributed by atoms with Crippen LogP contribution >= 0.6 is 11.3 Å². The van der Waals surface area contributed by atoms with Crippen molar-refractivity contribution >= 4 is 55.3 Å². The van der Waals surface area contributed by atoms with E-state index >= 15 is 0 Å². The molecule has 0 radical (unpaired) electrons. The van der Waals surface area contributed by atoms with Crippen molar-refractivity contribution in [2.45, 2.75) is 6.92 Å². The Bertz CT molecular complexity index is 1900. The third kappa shape index (κ3) is 4.74. The van der Waals surface area contributed by atoms with E-state index in [4.69, 9.17) is 0 Å². The quantitative estimate of drug-likeness (QED) is 0.164. The maximum atomic E-state index is 14.7. The summed E-state index contributed by atoms with van der Waals surface area (Å²) in [6, 6.07) is 29.5. The lowest BCUT2D eigenvalue weighted by atomic mass is 9.88. The van der Waals surface area contributed by atoms with Gasteiger partial charge in [0.15, 0.2) is 0 Å². The fourth-order valence-electron chi connectivity index (χ4n) is 5.12. The molecule has 4 aromatic carbocycles. The molecular weight excluding hydrogens is 511 g/mol. The monoisotopic (exact) mass is 538 g/mol. The standard InChI is InChI=1S/C36H27FN2S/c1-3-5-10-23(4-2)31-20-26-17-18-29(37)22-30(26)36(39-31)34(28-16-15-24-11-6-7-12-25(24)19-28)35(38)33-21-27-13-8-9-14-32(27)40-33/h3-22,38-39H,1H2,2H3/b10-5-,23-4+,36-34-,38-35?. The van der Waals surface area contributed by atoms with E-state index in [-0.39, 0.29) is 5.82 Å². The van der Waals surface area contributed by atoms with Gasteiger partial charge in [-0.25, -0.2) is 4.39 Å². The lowest BCUT2D eigenvalue weighted by Crippen LogP contribution is -2.21. The average Bonchev–Trinajstić information content (AvgIpc) is 3.42. The molecule has 0 atom stereocenters. The molecule has 2 nitrogen and oxygen atoms in total. The molecule has 0 spiro atoms. The van der Waals surface area contributed by atoms with Gasteiger partial charge < -0.3 is 5.32 Å². The molecule has 1 aliphatic rings. The maximum Gasteiger partial charge on any atom is 0.123 e. The number of rotatable bonds is 6. The van der Waals surface area contributed by atoms with Crippen LogP contribution in [-0.4, -0.2) is 5.71 Å². The van der Waals surface area contributed by atoms with Gasteiger partial charge in [-0.05, 0) is 76.2 Å². The first kappa shape index (κ1) is 25.5. The Morgan fingerprint density at radius 1 is 0.900 bits per heavy atom. The fraction of sp³-hybridized carbons (Fsp3) is 0.0278. The van der Waals surface area contributed by atoms with Gasteiger partial charge in [-0.3, -0.25) is 5.41 Å². The zero-order valence-corrected chi connectivity index (χ0v) is 22.9. The Labute approximate surface area is 237 Å². The number of hydrogen-bond acceptors (Lipinski definition) is 3. The summed E-state index contributed by atoms with van der Waals surface area (Å²) in [5.74, 6) is -0.320. The van der Waals surface area contributed by atoms with Crippen LogP contribution in [0, 0.1) is 11.2 Å². The van der Waals surface area contributed by atoms with E-state index in [1.807, 2.05) is 55.5 Å². The molecule has 194 valence electrons. The molecule has 2 heterocycles. The van der Waals surface area contributed by atoms with E-state index in [0.717, 1.165) is 59.3 Å². The van der Waals surface area contributed by atoms with Crippen LogP contribution in [0.4, 0.5) is 4.39 Å². The molecule has 0 saturated carbocycles. The van der Waals surface area contributed by atoms with E-state index in [1.165, 1.54) is 6.07 Å². The van der Waals surface area contributed by atoms with Crippen molar-refractivity contribution in [3.8, 4) is 0 Å². The molecule has 1 aromatic heterocycles. The summed E-state index contributed by atoms with van der Waals surface area (Å²) in [6.45, 7) is 5.79. The molecule has 1 aliphatic heterocycles. The second-order valence-corrected chi connectivity index (χ2v) is 10.7. The molecule has 5 aromatic rings. The van der Waals surface area contributed by atoms with Gasteiger partial charge in [-0.1, -0.05) is 91.5 Å². The number of allylic oxidation sites excluding steroid dienone is 5. The molecule has 0 fully saturated rings. The normalized spacial score (nSPS) is 14.7. The fourth-order valence-corrected chi connectivity index (χ4v) is 6.14. The Morgan fingerprint density at radius 2 is 1.68 bits per heavy atom. The molecule has 0 aliphatic carbocycles. The van der Waals surface area contributed by atoms with Crippen molar-refractivity contribution < 1.29 is 4.39 Å². The lowest BCUT2D eigenvalue weighted by molar-refractivity contribution is 0.627. The number of benzene rings is 4. The van der Waals surface area contributed by atoms with Crippen LogP contribution in [0.5, 0.6) is 0 Å². The van der Waals surface area contributed by atoms with Gasteiger partial charge in [0.05, 0.1) is 16.3 Å². The summed E-state index contributed by atoms with van der Waals surface area (Å²) in [5.41, 5.74) is 6.16. The number of nitrogens with one attached hydrogen (secondary N) is 2. The molecule has 0 amide bonds. The van der Waals surface area contributed by atoms with E-state index in [2.05, 4.69) is 60.4 Å². The highest BCUT2D eigenvalue weighted by Gasteiger charge is 2.25. The average molecular weight is 539 g/mol. The van der Waals surface area contributed by atoms with Crippen LogP contribution in [0.25, 0.3) is 38.2 Å². The number of hydrogen-bond donors (Lipinski definition) is 2. The van der Waals surface area contributed by atoms with E-state index in [1.54, 1.807) is 29.5 Å². The van der Waals surface area contributed by atoms with Gasteiger partial charge >= 0.3 is 0 Å². The SMILES string of the molecule is C=C/C=C\C(=C/C)C1=Cc2ccc(F)cc2/C(=C(/C(=N)c2cc3ccccc3s2)c2ccc3ccccc3c2)N1. The Hall–Kier alpha value is -4.80. The molecular formula is C36H27FN2S. The first-order valence-electron chi connectivity index (χ1n) is 13.1. The van der Waals surface area contributed by atoms with Crippen molar-refractivity contribution in [1.29, 1.82) is 5.41 Å². The van der Waals surface area contributed by atoms with Gasteiger partial charge in [0.2, 0.25) is 0 Å². The third-order valence-electron chi connectivity index (χ3n) is 7.09. The van der Waals surface area contributed by atoms with Crippen molar-refractivity contribution in [3.63, 3.8) is 0 Å². The highest BCUT2D eigenvalue weighted by Crippen LogP contribution is 2.38. The van der Waals surface area contributed by atoms with E-state index in [0.29, 0.717) is 11.4 Å². The summed E-state index contributed by atoms with van der Waals surface area (Å²) < 4.78 is 15.9. The van der Waals surface area contributed by atoms with Gasteiger partial charge in [-0.2, -0.15) is 0 Å². The summed E-state index contributed by atoms with van der Waals surface area (Å²) in [5, 5.41) is 16.5. The van der Waals surface area contributed by atoms with Crippen molar-refractivity contribution in [1.82, 2.24) is 5.32 Å². The molecule has 0 saturated heterocycles. The maximum absolute atomic E-state index is 14.7. The number of halogens is 1. The van der Waals surface area contributed by atoms with Crippen LogP contribution in [0.15, 0.2) is 133 Å². The molecule has 6 rings (SSSR count). The molecule has 0 unspecified atom stereocenters. The Kier molecular flexibility index (Phi) is 6.85. The van der Waals surface area contributed by atoms with Crippen LogP contribution < -0.4 is 5.32 Å². The Balaban J connectivity index is 1.64. The second-order valence-electron chi connectivity index (χ2n) is 9.59.